The average Bonchev–Trinajstić information content (AvgIpc) is 2.84. The van der Waals surface area contributed by atoms with Crippen LogP contribution in [-0.2, 0) is 4.79 Å². The predicted octanol–water partition coefficient (Wildman–Crippen LogP) is 1.48. The number of primary amides is 1. The number of hydrogen-bond donors (Lipinski definition) is 4. The molecule has 0 aliphatic heterocycles. The van der Waals surface area contributed by atoms with E-state index in [1.54, 1.807) is 12.1 Å². The number of aromatic amines is 1. The number of nitrogens with two attached hydrogens (primary N) is 2. The molecule has 110 valence electrons. The molecule has 1 aromatic carbocycles. The van der Waals surface area contributed by atoms with E-state index in [0.717, 1.165) is 5.56 Å². The van der Waals surface area contributed by atoms with Gasteiger partial charge in [-0.25, -0.2) is 4.98 Å². The molecule has 2 amide bonds. The van der Waals surface area contributed by atoms with Crippen molar-refractivity contribution in [3.05, 3.63) is 42.0 Å². The number of nitrogen functional groups attached to an aromatic ring is 1. The Hall–Kier alpha value is -3.35. The second kappa shape index (κ2) is 5.21. The first-order chi connectivity index (χ1) is 10.6. The number of amides is 2. The van der Waals surface area contributed by atoms with Crippen LogP contribution in [0.5, 0.6) is 0 Å². The Morgan fingerprint density at radius 2 is 2.09 bits per heavy atom. The number of aromatic nitrogens is 2. The number of pyridine rings is 1. The smallest absolute Gasteiger partial charge is 0.253 e. The van der Waals surface area contributed by atoms with Crippen molar-refractivity contribution >= 4 is 34.9 Å². The minimum absolute atomic E-state index is 0.245. The van der Waals surface area contributed by atoms with E-state index in [-0.39, 0.29) is 11.4 Å². The molecule has 3 rings (SSSR count). The van der Waals surface area contributed by atoms with Gasteiger partial charge in [0.2, 0.25) is 6.41 Å². The first-order valence-corrected chi connectivity index (χ1v) is 6.49. The summed E-state index contributed by atoms with van der Waals surface area (Å²) in [5.41, 5.74) is 13.5. The van der Waals surface area contributed by atoms with Crippen LogP contribution in [-0.4, -0.2) is 22.3 Å². The van der Waals surface area contributed by atoms with Gasteiger partial charge in [0.1, 0.15) is 11.6 Å². The molecule has 7 heteroatoms. The van der Waals surface area contributed by atoms with Crippen LogP contribution in [0.15, 0.2) is 36.4 Å². The maximum atomic E-state index is 11.6. The molecule has 0 unspecified atom stereocenters. The highest BCUT2D eigenvalue weighted by atomic mass is 16.1. The molecule has 3 aromatic rings. The number of nitrogens with zero attached hydrogens (tertiary/aromatic N) is 1. The summed E-state index contributed by atoms with van der Waals surface area (Å²) in [7, 11) is 0. The number of carbonyl (C=O) groups excluding carboxylic acids is 2. The number of anilines is 2. The molecule has 0 aliphatic carbocycles. The summed E-state index contributed by atoms with van der Waals surface area (Å²) in [5, 5.41) is 3.07. The Kier molecular flexibility index (Phi) is 3.23. The van der Waals surface area contributed by atoms with Gasteiger partial charge in [-0.15, -0.1) is 0 Å². The van der Waals surface area contributed by atoms with Gasteiger partial charge in [0, 0.05) is 16.5 Å². The molecule has 6 N–H and O–H groups in total. The molecule has 0 saturated heterocycles. The van der Waals surface area contributed by atoms with E-state index in [1.807, 2.05) is 24.3 Å². The van der Waals surface area contributed by atoms with Crippen molar-refractivity contribution in [1.29, 1.82) is 0 Å². The number of fused-ring (bicyclic) bond motifs is 1. The Morgan fingerprint density at radius 1 is 1.27 bits per heavy atom. The predicted molar refractivity (Wildman–Crippen MR) is 84.1 cm³/mol. The van der Waals surface area contributed by atoms with Crippen LogP contribution in [0.25, 0.3) is 22.2 Å². The number of benzene rings is 1. The van der Waals surface area contributed by atoms with E-state index in [4.69, 9.17) is 11.5 Å². The Morgan fingerprint density at radius 3 is 2.77 bits per heavy atom. The normalized spacial score (nSPS) is 10.5. The Labute approximate surface area is 125 Å². The second-order valence-corrected chi connectivity index (χ2v) is 4.71. The molecule has 0 fully saturated rings. The van der Waals surface area contributed by atoms with E-state index in [1.165, 1.54) is 0 Å². The third-order valence-electron chi connectivity index (χ3n) is 3.31. The fraction of sp³-hybridized carbons (Fsp3) is 0. The molecule has 7 nitrogen and oxygen atoms in total. The van der Waals surface area contributed by atoms with Crippen molar-refractivity contribution in [3.63, 3.8) is 0 Å². The van der Waals surface area contributed by atoms with Crippen molar-refractivity contribution in [3.8, 4) is 11.3 Å². The molecule has 0 aliphatic rings. The lowest BCUT2D eigenvalue weighted by molar-refractivity contribution is -0.105. The monoisotopic (exact) mass is 295 g/mol. The molecule has 0 radical (unpaired) electrons. The van der Waals surface area contributed by atoms with E-state index < -0.39 is 5.91 Å². The van der Waals surface area contributed by atoms with Gasteiger partial charge in [-0.1, -0.05) is 18.2 Å². The first kappa shape index (κ1) is 13.6. The van der Waals surface area contributed by atoms with Crippen LogP contribution >= 0.6 is 0 Å². The van der Waals surface area contributed by atoms with Crippen molar-refractivity contribution < 1.29 is 9.59 Å². The zero-order chi connectivity index (χ0) is 15.7. The van der Waals surface area contributed by atoms with Gasteiger partial charge in [-0.2, -0.15) is 0 Å². The van der Waals surface area contributed by atoms with Crippen molar-refractivity contribution in [1.82, 2.24) is 9.97 Å². The van der Waals surface area contributed by atoms with E-state index in [2.05, 4.69) is 15.3 Å². The van der Waals surface area contributed by atoms with Crippen LogP contribution in [0.1, 0.15) is 10.4 Å². The highest BCUT2D eigenvalue weighted by Gasteiger charge is 2.16. The molecule has 2 heterocycles. The van der Waals surface area contributed by atoms with Crippen molar-refractivity contribution in [2.75, 3.05) is 11.1 Å². The summed E-state index contributed by atoms with van der Waals surface area (Å²) in [6, 6.07) is 10.7. The van der Waals surface area contributed by atoms with Crippen LogP contribution in [0, 0.1) is 0 Å². The van der Waals surface area contributed by atoms with Crippen LogP contribution < -0.4 is 16.8 Å². The summed E-state index contributed by atoms with van der Waals surface area (Å²) in [6.45, 7) is 0. The summed E-state index contributed by atoms with van der Waals surface area (Å²) in [6.07, 6.45) is 0.484. The number of nitrogens with one attached hydrogen (secondary N) is 2. The quantitative estimate of drug-likeness (QED) is 0.543. The van der Waals surface area contributed by atoms with Gasteiger partial charge in [0.15, 0.2) is 0 Å². The Bertz CT molecular complexity index is 885. The summed E-state index contributed by atoms with van der Waals surface area (Å²) < 4.78 is 0. The minimum Gasteiger partial charge on any atom is -0.384 e. The highest BCUT2D eigenvalue weighted by molar-refractivity contribution is 6.12. The molecule has 0 spiro atoms. The average molecular weight is 295 g/mol. The van der Waals surface area contributed by atoms with Gasteiger partial charge in [0.25, 0.3) is 5.91 Å². The maximum Gasteiger partial charge on any atom is 0.253 e. The molecular weight excluding hydrogens is 282 g/mol. The summed E-state index contributed by atoms with van der Waals surface area (Å²) in [5.74, 6) is 0.0748. The van der Waals surface area contributed by atoms with E-state index >= 15 is 0 Å². The number of H-pyrrole nitrogens is 1. The van der Waals surface area contributed by atoms with Gasteiger partial charge in [-0.05, 0) is 18.2 Å². The molecule has 0 saturated carbocycles. The lowest BCUT2D eigenvalue weighted by atomic mass is 10.1. The Balaban J connectivity index is 2.18. The maximum absolute atomic E-state index is 11.6. The summed E-state index contributed by atoms with van der Waals surface area (Å²) in [4.78, 5) is 29.5. The fourth-order valence-corrected chi connectivity index (χ4v) is 2.39. The minimum atomic E-state index is -0.620. The molecule has 0 bridgehead atoms. The number of rotatable bonds is 4. The zero-order valence-electron chi connectivity index (χ0n) is 11.5. The molecular formula is C15H13N5O2. The van der Waals surface area contributed by atoms with Crippen molar-refractivity contribution in [2.45, 2.75) is 0 Å². The van der Waals surface area contributed by atoms with Gasteiger partial charge in [-0.3, -0.25) is 9.59 Å². The standard InChI is InChI=1S/C15H13N5O2/c16-12-3-1-2-10(19-12)8-4-5-9-11(6-8)20-15(18-7-21)13(9)14(17)22/h1-7,20H,(H2,16,19)(H2,17,22)(H,18,21). The van der Waals surface area contributed by atoms with Crippen LogP contribution in [0.2, 0.25) is 0 Å². The van der Waals surface area contributed by atoms with E-state index in [0.29, 0.717) is 28.8 Å². The molecule has 2 aromatic heterocycles. The number of hydrogen-bond acceptors (Lipinski definition) is 4. The molecule has 0 atom stereocenters. The third-order valence-corrected chi connectivity index (χ3v) is 3.31. The van der Waals surface area contributed by atoms with E-state index in [9.17, 15) is 9.59 Å². The second-order valence-electron chi connectivity index (χ2n) is 4.71. The SMILES string of the molecule is NC(=O)c1c(NC=O)[nH]c2cc(-c3cccc(N)n3)ccc12. The van der Waals surface area contributed by atoms with Crippen LogP contribution in [0.4, 0.5) is 11.6 Å². The number of carbonyl (C=O) groups is 2. The topological polar surface area (TPSA) is 127 Å². The lowest BCUT2D eigenvalue weighted by Gasteiger charge is -2.02. The van der Waals surface area contributed by atoms with Crippen LogP contribution in [0.3, 0.4) is 0 Å². The van der Waals surface area contributed by atoms with Gasteiger partial charge >= 0.3 is 0 Å². The van der Waals surface area contributed by atoms with Gasteiger partial charge < -0.3 is 21.8 Å². The fourth-order valence-electron chi connectivity index (χ4n) is 2.39. The first-order valence-electron chi connectivity index (χ1n) is 6.49. The third kappa shape index (κ3) is 2.24. The van der Waals surface area contributed by atoms with Crippen molar-refractivity contribution in [2.24, 2.45) is 5.73 Å². The lowest BCUT2D eigenvalue weighted by Crippen LogP contribution is -2.13. The highest BCUT2D eigenvalue weighted by Crippen LogP contribution is 2.29. The van der Waals surface area contributed by atoms with Gasteiger partial charge in [0.05, 0.1) is 11.3 Å². The summed E-state index contributed by atoms with van der Waals surface area (Å²) >= 11 is 0. The molecule has 22 heavy (non-hydrogen) atoms. The zero-order valence-corrected chi connectivity index (χ0v) is 11.5. The largest absolute Gasteiger partial charge is 0.384 e.